The molecular weight excluding hydrogens is 549 g/mol. The number of hydrazone groups is 1. The van der Waals surface area contributed by atoms with Gasteiger partial charge in [-0.15, -0.1) is 0 Å². The van der Waals surface area contributed by atoms with Gasteiger partial charge in [-0.05, 0) is 53.3 Å². The summed E-state index contributed by atoms with van der Waals surface area (Å²) in [6.45, 7) is 0.733. The highest BCUT2D eigenvalue weighted by Crippen LogP contribution is 2.25. The number of carbonyl (C=O) groups is 3. The summed E-state index contributed by atoms with van der Waals surface area (Å²) in [4.78, 5) is 38.1. The van der Waals surface area contributed by atoms with Crippen molar-refractivity contribution in [3.05, 3.63) is 76.3 Å². The van der Waals surface area contributed by atoms with Gasteiger partial charge in [0.25, 0.3) is 5.91 Å². The molecule has 1 aliphatic heterocycles. The molecule has 0 unspecified atom stereocenters. The molecule has 4 rings (SSSR count). The number of aromatic hydroxyl groups is 1. The van der Waals surface area contributed by atoms with Crippen LogP contribution in [0.3, 0.4) is 0 Å². The van der Waals surface area contributed by atoms with Crippen molar-refractivity contribution < 1.29 is 32.7 Å². The molecule has 210 valence electrons. The van der Waals surface area contributed by atoms with E-state index < -0.39 is 18.0 Å². The fraction of sp³-hybridized carbons (Fsp3) is 0.286. The maximum Gasteiger partial charge on any atom is 0.471 e. The Morgan fingerprint density at radius 2 is 1.75 bits per heavy atom. The average Bonchev–Trinajstić information content (AvgIpc) is 2.93. The van der Waals surface area contributed by atoms with Crippen LogP contribution in [0, 0.1) is 5.92 Å². The first-order valence-corrected chi connectivity index (χ1v) is 12.9. The topological polar surface area (TPSA) is 111 Å². The summed E-state index contributed by atoms with van der Waals surface area (Å²) in [5, 5.41) is 17.2. The molecular formula is C28H26ClF3N4O4. The van der Waals surface area contributed by atoms with Gasteiger partial charge in [-0.2, -0.15) is 18.3 Å². The number of phenolic OH excluding ortho intramolecular Hbond substituents is 1. The fourth-order valence-electron chi connectivity index (χ4n) is 4.52. The highest BCUT2D eigenvalue weighted by atomic mass is 35.5. The zero-order chi connectivity index (χ0) is 28.9. The van der Waals surface area contributed by atoms with E-state index in [-0.39, 0.29) is 41.1 Å². The van der Waals surface area contributed by atoms with E-state index in [4.69, 9.17) is 11.6 Å². The van der Waals surface area contributed by atoms with Crippen LogP contribution in [0.4, 0.5) is 13.2 Å². The number of phenols is 1. The van der Waals surface area contributed by atoms with E-state index in [9.17, 15) is 32.7 Å². The number of hydrogen-bond acceptors (Lipinski definition) is 5. The second-order valence-electron chi connectivity index (χ2n) is 9.43. The summed E-state index contributed by atoms with van der Waals surface area (Å²) < 4.78 is 37.2. The van der Waals surface area contributed by atoms with Crippen molar-refractivity contribution in [2.24, 2.45) is 11.0 Å². The minimum Gasteiger partial charge on any atom is -0.506 e. The number of halogens is 4. The van der Waals surface area contributed by atoms with Gasteiger partial charge in [-0.1, -0.05) is 48.0 Å². The molecule has 1 aliphatic rings. The summed E-state index contributed by atoms with van der Waals surface area (Å²) in [6.07, 6.45) is -2.26. The van der Waals surface area contributed by atoms with Crippen LogP contribution in [-0.2, 0) is 16.0 Å². The fourth-order valence-corrected chi connectivity index (χ4v) is 4.70. The molecule has 3 amide bonds. The number of fused-ring (bicyclic) bond motifs is 1. The molecule has 1 heterocycles. The van der Waals surface area contributed by atoms with E-state index in [1.54, 1.807) is 11.0 Å². The predicted molar refractivity (Wildman–Crippen MR) is 144 cm³/mol. The molecule has 40 heavy (non-hydrogen) atoms. The van der Waals surface area contributed by atoms with Gasteiger partial charge >= 0.3 is 12.1 Å². The minimum atomic E-state index is -4.91. The monoisotopic (exact) mass is 574 g/mol. The van der Waals surface area contributed by atoms with Gasteiger partial charge in [-0.25, -0.2) is 5.43 Å². The van der Waals surface area contributed by atoms with Gasteiger partial charge in [0, 0.05) is 30.8 Å². The largest absolute Gasteiger partial charge is 0.506 e. The number of piperidine rings is 1. The third-order valence-electron chi connectivity index (χ3n) is 6.75. The summed E-state index contributed by atoms with van der Waals surface area (Å²) in [5.74, 6) is -2.80. The highest BCUT2D eigenvalue weighted by Gasteiger charge is 2.38. The zero-order valence-electron chi connectivity index (χ0n) is 21.2. The van der Waals surface area contributed by atoms with E-state index in [1.807, 2.05) is 35.6 Å². The number of likely N-dealkylation sites (tertiary alicyclic amines) is 1. The molecule has 0 atom stereocenters. The lowest BCUT2D eigenvalue weighted by atomic mass is 9.95. The molecule has 3 aromatic rings. The lowest BCUT2D eigenvalue weighted by Gasteiger charge is -2.32. The van der Waals surface area contributed by atoms with Crippen molar-refractivity contribution >= 4 is 46.3 Å². The lowest BCUT2D eigenvalue weighted by molar-refractivity contribution is -0.173. The van der Waals surface area contributed by atoms with Crippen molar-refractivity contribution in [2.75, 3.05) is 19.6 Å². The number of nitrogens with zero attached hydrogens (tertiary/aromatic N) is 2. The van der Waals surface area contributed by atoms with Crippen molar-refractivity contribution in [2.45, 2.75) is 25.4 Å². The third-order valence-corrected chi connectivity index (χ3v) is 7.05. The average molecular weight is 575 g/mol. The van der Waals surface area contributed by atoms with Crippen molar-refractivity contribution in [3.8, 4) is 5.75 Å². The molecule has 12 heteroatoms. The number of amides is 3. The lowest BCUT2D eigenvalue weighted by Crippen LogP contribution is -2.44. The Balaban J connectivity index is 1.37. The number of carbonyl (C=O) groups excluding carboxylic acids is 3. The van der Waals surface area contributed by atoms with Gasteiger partial charge in [0.05, 0.1) is 17.7 Å². The molecule has 0 radical (unpaired) electrons. The summed E-state index contributed by atoms with van der Waals surface area (Å²) >= 11 is 5.85. The molecule has 3 N–H and O–H groups in total. The number of benzene rings is 3. The highest BCUT2D eigenvalue weighted by molar-refractivity contribution is 6.32. The first-order chi connectivity index (χ1) is 19.0. The van der Waals surface area contributed by atoms with Crippen LogP contribution < -0.4 is 10.7 Å². The molecule has 1 fully saturated rings. The summed E-state index contributed by atoms with van der Waals surface area (Å²) in [6, 6.07) is 15.2. The van der Waals surface area contributed by atoms with E-state index in [1.165, 1.54) is 24.4 Å². The molecule has 0 bridgehead atoms. The Labute approximate surface area is 232 Å². The smallest absolute Gasteiger partial charge is 0.471 e. The van der Waals surface area contributed by atoms with Crippen LogP contribution in [0.1, 0.15) is 34.3 Å². The second-order valence-corrected chi connectivity index (χ2v) is 9.84. The van der Waals surface area contributed by atoms with Crippen molar-refractivity contribution in [3.63, 3.8) is 0 Å². The van der Waals surface area contributed by atoms with Crippen LogP contribution in [0.5, 0.6) is 5.75 Å². The minimum absolute atomic E-state index is 0.0477. The van der Waals surface area contributed by atoms with Gasteiger partial charge < -0.3 is 15.3 Å². The van der Waals surface area contributed by atoms with E-state index in [0.29, 0.717) is 25.9 Å². The Morgan fingerprint density at radius 3 is 2.42 bits per heavy atom. The van der Waals surface area contributed by atoms with Crippen LogP contribution >= 0.6 is 11.6 Å². The molecule has 3 aromatic carbocycles. The van der Waals surface area contributed by atoms with E-state index in [0.717, 1.165) is 21.9 Å². The number of rotatable bonds is 7. The van der Waals surface area contributed by atoms with Crippen molar-refractivity contribution in [1.29, 1.82) is 0 Å². The number of alkyl halides is 3. The van der Waals surface area contributed by atoms with Crippen LogP contribution in [0.25, 0.3) is 10.8 Å². The third kappa shape index (κ3) is 7.09. The van der Waals surface area contributed by atoms with Gasteiger partial charge in [0.1, 0.15) is 5.75 Å². The standard InChI is InChI=1S/C28H26ClF3N4O4/c29-23-13-19(7-8-24(23)37)26(39)35-34-16-20-6-5-18(21-3-1-2-4-22(20)21)14-25(38)36-11-9-17(10-12-36)15-33-27(40)28(30,31)32/h1-8,13,16-17,37H,9-12,14-15H2,(H,33,40)(H,35,39)/b34-16+. The van der Waals surface area contributed by atoms with Gasteiger partial charge in [0.15, 0.2) is 0 Å². The van der Waals surface area contributed by atoms with Crippen molar-refractivity contribution in [1.82, 2.24) is 15.6 Å². The van der Waals surface area contributed by atoms with Crippen LogP contribution in [0.2, 0.25) is 5.02 Å². The maximum atomic E-state index is 13.0. The molecule has 0 spiro atoms. The summed E-state index contributed by atoms with van der Waals surface area (Å²) in [5.41, 5.74) is 4.18. The van der Waals surface area contributed by atoms with E-state index >= 15 is 0 Å². The second kappa shape index (κ2) is 12.4. The Morgan fingerprint density at radius 1 is 1.05 bits per heavy atom. The van der Waals surface area contributed by atoms with Crippen LogP contribution in [-0.4, -0.2) is 59.8 Å². The SMILES string of the molecule is O=C(N/N=C/c1ccc(CC(=O)N2CCC(CNC(=O)C(F)(F)F)CC2)c2ccccc12)c1ccc(O)c(Cl)c1. The predicted octanol–water partition coefficient (Wildman–Crippen LogP) is 4.42. The Hall–Kier alpha value is -4.12. The maximum absolute atomic E-state index is 13.0. The number of nitrogens with one attached hydrogen (secondary N) is 2. The normalized spacial score (nSPS) is 14.4. The first kappa shape index (κ1) is 28.9. The Kier molecular flexibility index (Phi) is 8.93. The van der Waals surface area contributed by atoms with Gasteiger partial charge in [0.2, 0.25) is 5.91 Å². The Bertz CT molecular complexity index is 1450. The molecule has 0 aromatic heterocycles. The van der Waals surface area contributed by atoms with Crippen LogP contribution in [0.15, 0.2) is 59.7 Å². The zero-order valence-corrected chi connectivity index (χ0v) is 21.9. The molecule has 1 saturated heterocycles. The number of hydrogen-bond donors (Lipinski definition) is 3. The molecule has 0 saturated carbocycles. The quantitative estimate of drug-likeness (QED) is 0.286. The summed E-state index contributed by atoms with van der Waals surface area (Å²) in [7, 11) is 0. The first-order valence-electron chi connectivity index (χ1n) is 12.5. The molecule has 0 aliphatic carbocycles. The van der Waals surface area contributed by atoms with E-state index in [2.05, 4.69) is 10.5 Å². The van der Waals surface area contributed by atoms with Gasteiger partial charge in [-0.3, -0.25) is 14.4 Å². The molecule has 8 nitrogen and oxygen atoms in total.